The van der Waals surface area contributed by atoms with E-state index in [4.69, 9.17) is 16.6 Å². The molecule has 6 nitrogen and oxygen atoms in total. The number of halogens is 1. The number of amides is 2. The van der Waals surface area contributed by atoms with Gasteiger partial charge in [0.1, 0.15) is 12.6 Å². The van der Waals surface area contributed by atoms with Crippen molar-refractivity contribution in [3.05, 3.63) is 88.9 Å². The Morgan fingerprint density at radius 2 is 1.76 bits per heavy atom. The van der Waals surface area contributed by atoms with Crippen molar-refractivity contribution < 1.29 is 9.59 Å². The molecule has 0 aliphatic carbocycles. The average molecular weight is 461 g/mol. The second kappa shape index (κ2) is 9.46. The van der Waals surface area contributed by atoms with Crippen LogP contribution in [0.2, 0.25) is 5.02 Å². The summed E-state index contributed by atoms with van der Waals surface area (Å²) in [6.45, 7) is 1.61. The van der Waals surface area contributed by atoms with Crippen molar-refractivity contribution in [2.45, 2.75) is 13.0 Å². The van der Waals surface area contributed by atoms with Crippen LogP contribution in [-0.2, 0) is 9.59 Å². The fourth-order valence-electron chi connectivity index (χ4n) is 3.77. The van der Waals surface area contributed by atoms with Crippen LogP contribution < -0.4 is 15.1 Å². The Morgan fingerprint density at radius 1 is 1.06 bits per heavy atom. The average Bonchev–Trinajstić information content (AvgIpc) is 2.90. The van der Waals surface area contributed by atoms with Gasteiger partial charge in [0.15, 0.2) is 0 Å². The van der Waals surface area contributed by atoms with Gasteiger partial charge in [-0.05, 0) is 49.4 Å². The fourth-order valence-corrected chi connectivity index (χ4v) is 3.94. The van der Waals surface area contributed by atoms with Crippen LogP contribution >= 0.6 is 11.6 Å². The highest BCUT2D eigenvalue weighted by Gasteiger charge is 2.31. The number of rotatable bonds is 5. The number of nitrogens with zero attached hydrogens (tertiary/aromatic N) is 3. The molecule has 1 aliphatic rings. The minimum Gasteiger partial charge on any atom is -0.378 e. The van der Waals surface area contributed by atoms with E-state index < -0.39 is 6.04 Å². The molecule has 2 amide bonds. The Kier molecular flexibility index (Phi) is 6.47. The maximum Gasteiger partial charge on any atom is 0.252 e. The number of carbonyl (C=O) groups excluding carboxylic acids is 2. The first-order chi connectivity index (χ1) is 15.8. The standard InChI is InChI=1S/C26H25ClN4O2/c1-17-26(33)31(16-24(32)29-20-10-12-21(13-11-20)30(2)3)23-14-9-19(27)15-22(23)25(28-17)18-7-5-4-6-8-18/h4-15,17H,16H2,1-3H3,(H,29,32)/t17-/m1/s1. The van der Waals surface area contributed by atoms with Crippen molar-refractivity contribution in [1.29, 1.82) is 0 Å². The molecule has 1 atom stereocenters. The molecule has 1 aliphatic heterocycles. The normalized spacial score (nSPS) is 15.4. The summed E-state index contributed by atoms with van der Waals surface area (Å²) in [5, 5.41) is 3.41. The molecule has 0 fully saturated rings. The molecule has 0 saturated carbocycles. The van der Waals surface area contributed by atoms with Crippen LogP contribution in [-0.4, -0.2) is 44.2 Å². The van der Waals surface area contributed by atoms with Gasteiger partial charge in [-0.2, -0.15) is 0 Å². The largest absolute Gasteiger partial charge is 0.378 e. The lowest BCUT2D eigenvalue weighted by Crippen LogP contribution is -2.42. The smallest absolute Gasteiger partial charge is 0.252 e. The van der Waals surface area contributed by atoms with Crippen LogP contribution in [0.1, 0.15) is 18.1 Å². The SMILES string of the molecule is C[C@H]1N=C(c2ccccc2)c2cc(Cl)ccc2N(CC(=O)Nc2ccc(N(C)C)cc2)C1=O. The van der Waals surface area contributed by atoms with E-state index in [-0.39, 0.29) is 18.4 Å². The molecule has 0 bridgehead atoms. The van der Waals surface area contributed by atoms with Gasteiger partial charge in [-0.15, -0.1) is 0 Å². The highest BCUT2D eigenvalue weighted by Crippen LogP contribution is 2.31. The molecule has 0 unspecified atom stereocenters. The van der Waals surface area contributed by atoms with Crippen molar-refractivity contribution in [2.75, 3.05) is 35.8 Å². The number of benzene rings is 3. The van der Waals surface area contributed by atoms with E-state index in [2.05, 4.69) is 5.32 Å². The number of nitrogens with one attached hydrogen (secondary N) is 1. The molecule has 4 rings (SSSR count). The van der Waals surface area contributed by atoms with Crippen molar-refractivity contribution >= 4 is 46.2 Å². The van der Waals surface area contributed by atoms with E-state index in [1.807, 2.05) is 73.6 Å². The van der Waals surface area contributed by atoms with Crippen LogP contribution in [0.25, 0.3) is 0 Å². The van der Waals surface area contributed by atoms with E-state index in [0.29, 0.717) is 22.1 Å². The topological polar surface area (TPSA) is 65.0 Å². The van der Waals surface area contributed by atoms with Crippen molar-refractivity contribution in [1.82, 2.24) is 0 Å². The Labute approximate surface area is 198 Å². The minimum atomic E-state index is -0.654. The summed E-state index contributed by atoms with van der Waals surface area (Å²) in [6.07, 6.45) is 0. The third-order valence-corrected chi connectivity index (χ3v) is 5.70. The summed E-state index contributed by atoms with van der Waals surface area (Å²) in [6, 6.07) is 21.8. The van der Waals surface area contributed by atoms with E-state index >= 15 is 0 Å². The van der Waals surface area contributed by atoms with Crippen LogP contribution in [0.3, 0.4) is 0 Å². The van der Waals surface area contributed by atoms with Gasteiger partial charge in [0, 0.05) is 41.6 Å². The molecule has 0 radical (unpaired) electrons. The fraction of sp³-hybridized carbons (Fsp3) is 0.192. The summed E-state index contributed by atoms with van der Waals surface area (Å²) in [4.78, 5) is 34.4. The van der Waals surface area contributed by atoms with Gasteiger partial charge in [-0.3, -0.25) is 14.6 Å². The zero-order valence-corrected chi connectivity index (χ0v) is 19.5. The Balaban J connectivity index is 1.65. The molecule has 0 aromatic heterocycles. The predicted octanol–water partition coefficient (Wildman–Crippen LogP) is 4.62. The highest BCUT2D eigenvalue weighted by molar-refractivity contribution is 6.32. The third kappa shape index (κ3) is 4.91. The number of benzodiazepines with no additional fused rings is 1. The molecule has 1 heterocycles. The molecule has 168 valence electrons. The molecule has 0 spiro atoms. The first-order valence-electron chi connectivity index (χ1n) is 10.7. The Bertz CT molecular complexity index is 1210. The first-order valence-corrected chi connectivity index (χ1v) is 11.0. The lowest BCUT2D eigenvalue weighted by molar-refractivity contribution is -0.122. The molecule has 1 N–H and O–H groups in total. The molecule has 3 aromatic carbocycles. The predicted molar refractivity (Wildman–Crippen MR) is 135 cm³/mol. The lowest BCUT2D eigenvalue weighted by atomic mass is 10.00. The van der Waals surface area contributed by atoms with Crippen LogP contribution in [0, 0.1) is 0 Å². The number of fused-ring (bicyclic) bond motifs is 1. The van der Waals surface area contributed by atoms with Crippen molar-refractivity contribution in [2.24, 2.45) is 4.99 Å². The van der Waals surface area contributed by atoms with Crippen LogP contribution in [0.4, 0.5) is 17.1 Å². The quantitative estimate of drug-likeness (QED) is 0.604. The maximum atomic E-state index is 13.3. The van der Waals surface area contributed by atoms with Gasteiger partial charge in [-0.1, -0.05) is 41.9 Å². The summed E-state index contributed by atoms with van der Waals surface area (Å²) in [7, 11) is 3.91. The summed E-state index contributed by atoms with van der Waals surface area (Å²) < 4.78 is 0. The second-order valence-corrected chi connectivity index (χ2v) is 8.53. The second-order valence-electron chi connectivity index (χ2n) is 8.10. The van der Waals surface area contributed by atoms with Gasteiger partial charge >= 0.3 is 0 Å². The zero-order valence-electron chi connectivity index (χ0n) is 18.7. The lowest BCUT2D eigenvalue weighted by Gasteiger charge is -2.24. The van der Waals surface area contributed by atoms with Gasteiger partial charge < -0.3 is 15.1 Å². The number of hydrogen-bond acceptors (Lipinski definition) is 4. The molecule has 7 heteroatoms. The summed E-state index contributed by atoms with van der Waals surface area (Å²) in [5.74, 6) is -0.542. The van der Waals surface area contributed by atoms with Crippen molar-refractivity contribution in [3.63, 3.8) is 0 Å². The van der Waals surface area contributed by atoms with Gasteiger partial charge in [-0.25, -0.2) is 0 Å². The molecule has 33 heavy (non-hydrogen) atoms. The van der Waals surface area contributed by atoms with Gasteiger partial charge in [0.25, 0.3) is 5.91 Å². The minimum absolute atomic E-state index is 0.134. The molecule has 0 saturated heterocycles. The summed E-state index contributed by atoms with van der Waals surface area (Å²) >= 11 is 6.31. The van der Waals surface area contributed by atoms with E-state index in [1.54, 1.807) is 25.1 Å². The number of carbonyl (C=O) groups is 2. The highest BCUT2D eigenvalue weighted by atomic mass is 35.5. The van der Waals surface area contributed by atoms with Gasteiger partial charge in [0.2, 0.25) is 5.91 Å². The molecule has 3 aromatic rings. The monoisotopic (exact) mass is 460 g/mol. The number of hydrogen-bond donors (Lipinski definition) is 1. The number of aliphatic imine (C=N–C) groups is 1. The van der Waals surface area contributed by atoms with E-state index in [9.17, 15) is 9.59 Å². The Hall–Kier alpha value is -3.64. The van der Waals surface area contributed by atoms with E-state index in [1.165, 1.54) is 4.90 Å². The summed E-state index contributed by atoms with van der Waals surface area (Å²) in [5.41, 5.74) is 4.58. The Morgan fingerprint density at radius 3 is 2.42 bits per heavy atom. The van der Waals surface area contributed by atoms with Crippen LogP contribution in [0.15, 0.2) is 77.8 Å². The first kappa shape index (κ1) is 22.6. The van der Waals surface area contributed by atoms with Crippen molar-refractivity contribution in [3.8, 4) is 0 Å². The number of anilines is 3. The molecular weight excluding hydrogens is 436 g/mol. The van der Waals surface area contributed by atoms with Gasteiger partial charge in [0.05, 0.1) is 11.4 Å². The molecular formula is C26H25ClN4O2. The maximum absolute atomic E-state index is 13.3. The zero-order chi connectivity index (χ0) is 23.5. The van der Waals surface area contributed by atoms with Crippen LogP contribution in [0.5, 0.6) is 0 Å². The van der Waals surface area contributed by atoms with E-state index in [0.717, 1.165) is 16.8 Å². The third-order valence-electron chi connectivity index (χ3n) is 5.47.